The van der Waals surface area contributed by atoms with E-state index in [1.54, 1.807) is 12.4 Å². The highest BCUT2D eigenvalue weighted by atomic mass is 79.9. The average Bonchev–Trinajstić information content (AvgIpc) is 2.47. The second kappa shape index (κ2) is 7.20. The van der Waals surface area contributed by atoms with Gasteiger partial charge in [0.25, 0.3) is 5.91 Å². The molecule has 0 aliphatic heterocycles. The molecule has 3 nitrogen and oxygen atoms in total. The number of halogens is 1. The second-order valence-electron chi connectivity index (χ2n) is 4.60. The lowest BCUT2D eigenvalue weighted by Crippen LogP contribution is -2.31. The molecule has 1 heterocycles. The van der Waals surface area contributed by atoms with Crippen LogP contribution in [-0.2, 0) is 6.54 Å². The standard InChI is InChI=1S/C16H17BrN2O/c1-2-8-19(12-13-6-4-3-5-7-13)16(20)14-9-15(17)11-18-10-14/h3-7,9-11H,2,8,12H2,1H3. The summed E-state index contributed by atoms with van der Waals surface area (Å²) in [4.78, 5) is 18.5. The van der Waals surface area contributed by atoms with E-state index in [4.69, 9.17) is 0 Å². The quantitative estimate of drug-likeness (QED) is 0.831. The van der Waals surface area contributed by atoms with Crippen LogP contribution in [0.15, 0.2) is 53.3 Å². The monoisotopic (exact) mass is 332 g/mol. The first kappa shape index (κ1) is 14.7. The Bertz CT molecular complexity index is 572. The first-order valence-corrected chi connectivity index (χ1v) is 7.43. The highest BCUT2D eigenvalue weighted by molar-refractivity contribution is 9.10. The van der Waals surface area contributed by atoms with Crippen LogP contribution in [0.2, 0.25) is 0 Å². The molecule has 0 aliphatic rings. The number of nitrogens with zero attached hydrogens (tertiary/aromatic N) is 2. The van der Waals surface area contributed by atoms with Gasteiger partial charge in [0.15, 0.2) is 0 Å². The smallest absolute Gasteiger partial charge is 0.255 e. The second-order valence-corrected chi connectivity index (χ2v) is 5.52. The van der Waals surface area contributed by atoms with Crippen LogP contribution in [0, 0.1) is 0 Å². The van der Waals surface area contributed by atoms with E-state index in [2.05, 4.69) is 27.8 Å². The van der Waals surface area contributed by atoms with Gasteiger partial charge in [-0.15, -0.1) is 0 Å². The third-order valence-corrected chi connectivity index (χ3v) is 3.38. The number of hydrogen-bond donors (Lipinski definition) is 0. The highest BCUT2D eigenvalue weighted by Crippen LogP contribution is 2.14. The summed E-state index contributed by atoms with van der Waals surface area (Å²) in [6.07, 6.45) is 4.22. The molecule has 0 fully saturated rings. The molecule has 0 saturated heterocycles. The first-order chi connectivity index (χ1) is 9.70. The van der Waals surface area contributed by atoms with Gasteiger partial charge in [-0.1, -0.05) is 37.3 Å². The fourth-order valence-electron chi connectivity index (χ4n) is 2.04. The van der Waals surface area contributed by atoms with Crippen molar-refractivity contribution in [2.45, 2.75) is 19.9 Å². The molecule has 104 valence electrons. The highest BCUT2D eigenvalue weighted by Gasteiger charge is 2.15. The molecule has 0 unspecified atom stereocenters. The molecule has 2 aromatic rings. The molecular weight excluding hydrogens is 316 g/mol. The Hall–Kier alpha value is -1.68. The maximum atomic E-state index is 12.6. The number of amides is 1. The molecule has 1 aromatic heterocycles. The van der Waals surface area contributed by atoms with Crippen molar-refractivity contribution in [3.63, 3.8) is 0 Å². The summed E-state index contributed by atoms with van der Waals surface area (Å²) in [5.74, 6) is 0.0181. The zero-order chi connectivity index (χ0) is 14.4. The summed E-state index contributed by atoms with van der Waals surface area (Å²) in [6, 6.07) is 11.8. The van der Waals surface area contributed by atoms with Crippen LogP contribution in [0.4, 0.5) is 0 Å². The van der Waals surface area contributed by atoms with E-state index < -0.39 is 0 Å². The first-order valence-electron chi connectivity index (χ1n) is 6.64. The van der Waals surface area contributed by atoms with E-state index in [0.29, 0.717) is 12.1 Å². The summed E-state index contributed by atoms with van der Waals surface area (Å²) in [6.45, 7) is 3.44. The third kappa shape index (κ3) is 3.90. The third-order valence-electron chi connectivity index (χ3n) is 2.95. The Morgan fingerprint density at radius 3 is 2.65 bits per heavy atom. The van der Waals surface area contributed by atoms with Gasteiger partial charge >= 0.3 is 0 Å². The van der Waals surface area contributed by atoms with Crippen molar-refractivity contribution in [3.05, 3.63) is 64.4 Å². The number of hydrogen-bond acceptors (Lipinski definition) is 2. The van der Waals surface area contributed by atoms with Crippen LogP contribution >= 0.6 is 15.9 Å². The zero-order valence-electron chi connectivity index (χ0n) is 11.4. The number of benzene rings is 1. The van der Waals surface area contributed by atoms with Gasteiger partial charge in [0, 0.05) is 30.0 Å². The van der Waals surface area contributed by atoms with Gasteiger partial charge in [-0.2, -0.15) is 0 Å². The summed E-state index contributed by atoms with van der Waals surface area (Å²) in [5.41, 5.74) is 1.75. The lowest BCUT2D eigenvalue weighted by Gasteiger charge is -2.22. The normalized spacial score (nSPS) is 10.3. The van der Waals surface area contributed by atoms with E-state index in [0.717, 1.165) is 23.0 Å². The van der Waals surface area contributed by atoms with Crippen LogP contribution in [-0.4, -0.2) is 22.3 Å². The predicted octanol–water partition coefficient (Wildman–Crippen LogP) is 3.90. The van der Waals surface area contributed by atoms with Crippen molar-refractivity contribution < 1.29 is 4.79 Å². The summed E-state index contributed by atoms with van der Waals surface area (Å²) in [5, 5.41) is 0. The lowest BCUT2D eigenvalue weighted by molar-refractivity contribution is 0.0742. The molecule has 4 heteroatoms. The fourth-order valence-corrected chi connectivity index (χ4v) is 2.40. The van der Waals surface area contributed by atoms with E-state index in [1.807, 2.05) is 41.3 Å². The zero-order valence-corrected chi connectivity index (χ0v) is 13.0. The van der Waals surface area contributed by atoms with E-state index in [9.17, 15) is 4.79 Å². The van der Waals surface area contributed by atoms with Crippen molar-refractivity contribution in [2.24, 2.45) is 0 Å². The molecule has 0 spiro atoms. The maximum Gasteiger partial charge on any atom is 0.255 e. The minimum Gasteiger partial charge on any atom is -0.334 e. The molecular formula is C16H17BrN2O. The summed E-state index contributed by atoms with van der Waals surface area (Å²) in [7, 11) is 0. The molecule has 0 bridgehead atoms. The topological polar surface area (TPSA) is 33.2 Å². The number of carbonyl (C=O) groups is 1. The SMILES string of the molecule is CCCN(Cc1ccccc1)C(=O)c1cncc(Br)c1. The minimum absolute atomic E-state index is 0.0181. The molecule has 0 radical (unpaired) electrons. The molecule has 0 aliphatic carbocycles. The van der Waals surface area contributed by atoms with Crippen LogP contribution < -0.4 is 0 Å². The molecule has 1 aromatic carbocycles. The summed E-state index contributed by atoms with van der Waals surface area (Å²) < 4.78 is 0.819. The van der Waals surface area contributed by atoms with Crippen molar-refractivity contribution in [3.8, 4) is 0 Å². The van der Waals surface area contributed by atoms with Gasteiger partial charge in [-0.05, 0) is 34.0 Å². The van der Waals surface area contributed by atoms with Crippen molar-refractivity contribution >= 4 is 21.8 Å². The van der Waals surface area contributed by atoms with E-state index in [-0.39, 0.29) is 5.91 Å². The lowest BCUT2D eigenvalue weighted by atomic mass is 10.2. The van der Waals surface area contributed by atoms with Gasteiger partial charge in [-0.3, -0.25) is 9.78 Å². The predicted molar refractivity (Wildman–Crippen MR) is 83.4 cm³/mol. The molecule has 0 saturated carbocycles. The average molecular weight is 333 g/mol. The van der Waals surface area contributed by atoms with Crippen molar-refractivity contribution in [1.82, 2.24) is 9.88 Å². The molecule has 20 heavy (non-hydrogen) atoms. The number of carbonyl (C=O) groups excluding carboxylic acids is 1. The van der Waals surface area contributed by atoms with Crippen LogP contribution in [0.25, 0.3) is 0 Å². The van der Waals surface area contributed by atoms with E-state index in [1.165, 1.54) is 0 Å². The number of aromatic nitrogens is 1. The van der Waals surface area contributed by atoms with Crippen LogP contribution in [0.1, 0.15) is 29.3 Å². The number of pyridine rings is 1. The van der Waals surface area contributed by atoms with Gasteiger partial charge in [0.2, 0.25) is 0 Å². The Kier molecular flexibility index (Phi) is 5.30. The summed E-state index contributed by atoms with van der Waals surface area (Å²) >= 11 is 3.35. The van der Waals surface area contributed by atoms with Crippen molar-refractivity contribution in [1.29, 1.82) is 0 Å². The molecule has 2 rings (SSSR count). The molecule has 0 N–H and O–H groups in total. The molecule has 1 amide bonds. The Morgan fingerprint density at radius 2 is 2.00 bits per heavy atom. The largest absolute Gasteiger partial charge is 0.334 e. The van der Waals surface area contributed by atoms with E-state index >= 15 is 0 Å². The van der Waals surface area contributed by atoms with Gasteiger partial charge in [-0.25, -0.2) is 0 Å². The number of rotatable bonds is 5. The van der Waals surface area contributed by atoms with Gasteiger partial charge in [0.1, 0.15) is 0 Å². The maximum absolute atomic E-state index is 12.6. The Labute approximate surface area is 127 Å². The molecule has 0 atom stereocenters. The van der Waals surface area contributed by atoms with Crippen LogP contribution in [0.5, 0.6) is 0 Å². The fraction of sp³-hybridized carbons (Fsp3) is 0.250. The minimum atomic E-state index is 0.0181. The van der Waals surface area contributed by atoms with Gasteiger partial charge < -0.3 is 4.90 Å². The van der Waals surface area contributed by atoms with Crippen molar-refractivity contribution in [2.75, 3.05) is 6.54 Å². The Balaban J connectivity index is 2.18. The van der Waals surface area contributed by atoms with Gasteiger partial charge in [0.05, 0.1) is 5.56 Å². The van der Waals surface area contributed by atoms with Crippen LogP contribution in [0.3, 0.4) is 0 Å². The Morgan fingerprint density at radius 1 is 1.25 bits per heavy atom.